The summed E-state index contributed by atoms with van der Waals surface area (Å²) in [7, 11) is 4.66. The van der Waals surface area contributed by atoms with Gasteiger partial charge in [-0.3, -0.25) is 4.79 Å². The Balaban J connectivity index is 1.95. The summed E-state index contributed by atoms with van der Waals surface area (Å²) in [4.78, 5) is 15.6. The Labute approximate surface area is 156 Å². The highest BCUT2D eigenvalue weighted by atomic mass is 35.5. The van der Waals surface area contributed by atoms with E-state index in [4.69, 9.17) is 25.8 Å². The van der Waals surface area contributed by atoms with Crippen LogP contribution < -0.4 is 19.5 Å². The molecule has 1 heterocycles. The number of carbonyl (C=O) groups excluding carboxylic acids is 1. The number of benzene rings is 2. The smallest absolute Gasteiger partial charge is 0.228 e. The second-order valence-corrected chi connectivity index (χ2v) is 5.99. The van der Waals surface area contributed by atoms with Crippen molar-refractivity contribution in [2.24, 2.45) is 0 Å². The van der Waals surface area contributed by atoms with Gasteiger partial charge in [-0.2, -0.15) is 0 Å². The second-order valence-electron chi connectivity index (χ2n) is 5.59. The number of H-pyrrole nitrogens is 1. The molecule has 0 bridgehead atoms. The van der Waals surface area contributed by atoms with Gasteiger partial charge in [-0.25, -0.2) is 0 Å². The van der Waals surface area contributed by atoms with Gasteiger partial charge in [0, 0.05) is 17.6 Å². The lowest BCUT2D eigenvalue weighted by atomic mass is 10.1. The van der Waals surface area contributed by atoms with Crippen LogP contribution in [-0.2, 0) is 11.2 Å². The van der Waals surface area contributed by atoms with Crippen molar-refractivity contribution in [2.75, 3.05) is 26.6 Å². The third kappa shape index (κ3) is 3.28. The lowest BCUT2D eigenvalue weighted by Gasteiger charge is -2.14. The number of para-hydroxylation sites is 1. The molecule has 0 saturated heterocycles. The first kappa shape index (κ1) is 17.9. The quantitative estimate of drug-likeness (QED) is 0.683. The maximum absolute atomic E-state index is 12.5. The predicted octanol–water partition coefficient (Wildman–Crippen LogP) is 4.03. The largest absolute Gasteiger partial charge is 0.493 e. The molecule has 0 fully saturated rings. The maximum atomic E-state index is 12.5. The Bertz CT molecular complexity index is 952. The number of amides is 1. The molecule has 0 spiro atoms. The van der Waals surface area contributed by atoms with E-state index in [1.165, 1.54) is 0 Å². The Hall–Kier alpha value is -2.86. The molecule has 0 unspecified atom stereocenters. The van der Waals surface area contributed by atoms with E-state index in [2.05, 4.69) is 10.3 Å². The average Bonchev–Trinajstić information content (AvgIpc) is 3.04. The first-order valence-corrected chi connectivity index (χ1v) is 8.30. The molecule has 0 aliphatic heterocycles. The van der Waals surface area contributed by atoms with Crippen LogP contribution in [0.2, 0.25) is 5.02 Å². The molecule has 2 N–H and O–H groups in total. The molecule has 0 saturated carbocycles. The normalized spacial score (nSPS) is 10.6. The van der Waals surface area contributed by atoms with Gasteiger partial charge in [-0.15, -0.1) is 0 Å². The van der Waals surface area contributed by atoms with Crippen LogP contribution in [0.3, 0.4) is 0 Å². The maximum Gasteiger partial charge on any atom is 0.228 e. The van der Waals surface area contributed by atoms with E-state index < -0.39 is 0 Å². The summed E-state index contributed by atoms with van der Waals surface area (Å²) in [6, 6.07) is 8.91. The van der Waals surface area contributed by atoms with Crippen molar-refractivity contribution in [1.82, 2.24) is 4.98 Å². The van der Waals surface area contributed by atoms with E-state index >= 15 is 0 Å². The first-order chi connectivity index (χ1) is 12.6. The lowest BCUT2D eigenvalue weighted by molar-refractivity contribution is -0.115. The van der Waals surface area contributed by atoms with Crippen molar-refractivity contribution in [1.29, 1.82) is 0 Å². The van der Waals surface area contributed by atoms with Gasteiger partial charge in [0.1, 0.15) is 0 Å². The minimum atomic E-state index is -0.184. The number of hydrogen-bond acceptors (Lipinski definition) is 4. The Morgan fingerprint density at radius 3 is 2.50 bits per heavy atom. The average molecular weight is 375 g/mol. The van der Waals surface area contributed by atoms with Gasteiger partial charge in [0.2, 0.25) is 11.7 Å². The molecule has 0 aliphatic rings. The number of methoxy groups -OCH3 is 3. The molecule has 0 atom stereocenters. The highest BCUT2D eigenvalue weighted by molar-refractivity contribution is 6.33. The molecule has 3 rings (SSSR count). The number of nitrogens with one attached hydrogen (secondary N) is 2. The van der Waals surface area contributed by atoms with E-state index in [0.717, 1.165) is 16.5 Å². The summed E-state index contributed by atoms with van der Waals surface area (Å²) in [6.45, 7) is 0. The molecule has 2 aromatic carbocycles. The standard InChI is InChI=1S/C19H19ClN2O4/c1-24-15-9-14-17(19(26-3)18(15)25-2)11(10-21-14)8-16(23)22-13-7-5-4-6-12(13)20/h4-7,9-10,21H,8H2,1-3H3,(H,22,23). The van der Waals surface area contributed by atoms with Gasteiger partial charge in [-0.1, -0.05) is 23.7 Å². The number of halogens is 1. The number of aromatic nitrogens is 1. The summed E-state index contributed by atoms with van der Waals surface area (Å²) in [6.07, 6.45) is 1.93. The van der Waals surface area contributed by atoms with Crippen LogP contribution in [0.25, 0.3) is 10.9 Å². The molecular formula is C19H19ClN2O4. The summed E-state index contributed by atoms with van der Waals surface area (Å²) < 4.78 is 16.3. The number of aromatic amines is 1. The van der Waals surface area contributed by atoms with Crippen molar-refractivity contribution in [3.8, 4) is 17.2 Å². The highest BCUT2D eigenvalue weighted by Crippen LogP contribution is 2.44. The number of ether oxygens (including phenoxy) is 3. The number of fused-ring (bicyclic) bond motifs is 1. The van der Waals surface area contributed by atoms with Crippen molar-refractivity contribution in [3.05, 3.63) is 47.1 Å². The molecule has 0 radical (unpaired) electrons. The van der Waals surface area contributed by atoms with Crippen LogP contribution >= 0.6 is 11.6 Å². The van der Waals surface area contributed by atoms with E-state index in [1.54, 1.807) is 39.7 Å². The Kier molecular flexibility index (Phi) is 5.23. The minimum absolute atomic E-state index is 0.150. The lowest BCUT2D eigenvalue weighted by Crippen LogP contribution is -2.14. The Morgan fingerprint density at radius 2 is 1.85 bits per heavy atom. The molecule has 0 aliphatic carbocycles. The van der Waals surface area contributed by atoms with Gasteiger partial charge in [-0.05, 0) is 17.7 Å². The van der Waals surface area contributed by atoms with Crippen LogP contribution in [0, 0.1) is 0 Å². The van der Waals surface area contributed by atoms with Crippen molar-refractivity contribution in [2.45, 2.75) is 6.42 Å². The molecule has 1 amide bonds. The van der Waals surface area contributed by atoms with Crippen LogP contribution in [0.4, 0.5) is 5.69 Å². The van der Waals surface area contributed by atoms with E-state index in [1.807, 2.05) is 18.2 Å². The predicted molar refractivity (Wildman–Crippen MR) is 102 cm³/mol. The van der Waals surface area contributed by atoms with E-state index in [-0.39, 0.29) is 12.3 Å². The van der Waals surface area contributed by atoms with Gasteiger partial charge in [0.25, 0.3) is 0 Å². The van der Waals surface area contributed by atoms with Crippen molar-refractivity contribution in [3.63, 3.8) is 0 Å². The summed E-state index contributed by atoms with van der Waals surface area (Å²) >= 11 is 6.09. The van der Waals surface area contributed by atoms with Crippen LogP contribution in [0.5, 0.6) is 17.2 Å². The Morgan fingerprint density at radius 1 is 1.12 bits per heavy atom. The van der Waals surface area contributed by atoms with Gasteiger partial charge >= 0.3 is 0 Å². The molecule has 26 heavy (non-hydrogen) atoms. The molecule has 6 nitrogen and oxygen atoms in total. The fourth-order valence-electron chi connectivity index (χ4n) is 2.90. The number of rotatable bonds is 6. The number of hydrogen-bond donors (Lipinski definition) is 2. The molecule has 136 valence electrons. The fourth-order valence-corrected chi connectivity index (χ4v) is 3.08. The van der Waals surface area contributed by atoms with E-state index in [9.17, 15) is 4.79 Å². The van der Waals surface area contributed by atoms with Crippen molar-refractivity contribution >= 4 is 34.1 Å². The fraction of sp³-hybridized carbons (Fsp3) is 0.211. The van der Waals surface area contributed by atoms with Gasteiger partial charge in [0.15, 0.2) is 11.5 Å². The summed E-state index contributed by atoms with van der Waals surface area (Å²) in [5, 5.41) is 4.09. The summed E-state index contributed by atoms with van der Waals surface area (Å²) in [5.41, 5.74) is 2.15. The van der Waals surface area contributed by atoms with Gasteiger partial charge < -0.3 is 24.5 Å². The SMILES string of the molecule is COc1cc2[nH]cc(CC(=O)Nc3ccccc3Cl)c2c(OC)c1OC. The topological polar surface area (TPSA) is 72.6 Å². The van der Waals surface area contributed by atoms with Gasteiger partial charge in [0.05, 0.1) is 44.0 Å². The highest BCUT2D eigenvalue weighted by Gasteiger charge is 2.21. The minimum Gasteiger partial charge on any atom is -0.493 e. The molecule has 3 aromatic rings. The first-order valence-electron chi connectivity index (χ1n) is 7.92. The van der Waals surface area contributed by atoms with Crippen LogP contribution in [0.1, 0.15) is 5.56 Å². The zero-order valence-electron chi connectivity index (χ0n) is 14.7. The molecular weight excluding hydrogens is 356 g/mol. The monoisotopic (exact) mass is 374 g/mol. The number of anilines is 1. The number of carbonyl (C=O) groups is 1. The third-order valence-electron chi connectivity index (χ3n) is 4.05. The third-order valence-corrected chi connectivity index (χ3v) is 4.38. The second kappa shape index (κ2) is 7.58. The summed E-state index contributed by atoms with van der Waals surface area (Å²) in [5.74, 6) is 1.36. The molecule has 1 aromatic heterocycles. The van der Waals surface area contributed by atoms with Crippen LogP contribution in [0.15, 0.2) is 36.5 Å². The van der Waals surface area contributed by atoms with E-state index in [0.29, 0.717) is 28.0 Å². The molecule has 7 heteroatoms. The zero-order valence-corrected chi connectivity index (χ0v) is 15.4. The van der Waals surface area contributed by atoms with Crippen molar-refractivity contribution < 1.29 is 19.0 Å². The zero-order chi connectivity index (χ0) is 18.7. The van der Waals surface area contributed by atoms with Crippen LogP contribution in [-0.4, -0.2) is 32.2 Å².